The van der Waals surface area contributed by atoms with Gasteiger partial charge in [0.2, 0.25) is 5.82 Å². The third-order valence-corrected chi connectivity index (χ3v) is 2.61. The molecule has 2 heterocycles. The van der Waals surface area contributed by atoms with Gasteiger partial charge in [0.15, 0.2) is 0 Å². The van der Waals surface area contributed by atoms with E-state index in [1.807, 2.05) is 0 Å². The number of halogens is 3. The molecule has 9 heteroatoms. The lowest BCUT2D eigenvalue weighted by atomic mass is 10.2. The summed E-state index contributed by atoms with van der Waals surface area (Å²) in [6.07, 6.45) is -1.02. The molecule has 2 rings (SSSR count). The molecule has 0 bridgehead atoms. The number of hydrogen-bond acceptors (Lipinski definition) is 3. The number of nitrogens with zero attached hydrogens (tertiary/aromatic N) is 3. The van der Waals surface area contributed by atoms with E-state index < -0.39 is 28.8 Å². The van der Waals surface area contributed by atoms with Gasteiger partial charge in [-0.15, -0.1) is 0 Å². The van der Waals surface area contributed by atoms with Gasteiger partial charge in [-0.25, -0.2) is 9.78 Å². The Morgan fingerprint density at radius 1 is 1.35 bits per heavy atom. The smallest absolute Gasteiger partial charge is 0.418 e. The molecule has 6 nitrogen and oxygen atoms in total. The van der Waals surface area contributed by atoms with E-state index in [0.717, 1.165) is 15.3 Å². The van der Waals surface area contributed by atoms with Gasteiger partial charge in [-0.05, 0) is 0 Å². The van der Waals surface area contributed by atoms with Crippen molar-refractivity contribution in [2.45, 2.75) is 6.18 Å². The third-order valence-electron chi connectivity index (χ3n) is 2.61. The van der Waals surface area contributed by atoms with E-state index >= 15 is 0 Å². The number of aromatic nitrogens is 3. The molecule has 106 valence electrons. The maximum atomic E-state index is 12.7. The zero-order valence-electron chi connectivity index (χ0n) is 10.0. The molecule has 0 saturated carbocycles. The van der Waals surface area contributed by atoms with Crippen molar-refractivity contribution in [1.29, 1.82) is 0 Å². The first-order valence-corrected chi connectivity index (χ1v) is 5.26. The molecule has 0 unspecified atom stereocenters. The molecule has 20 heavy (non-hydrogen) atoms. The lowest BCUT2D eigenvalue weighted by Crippen LogP contribution is -2.22. The number of carbonyl (C=O) groups is 1. The highest BCUT2D eigenvalue weighted by Gasteiger charge is 2.37. The molecular weight excluding hydrogens is 279 g/mol. The van der Waals surface area contributed by atoms with Crippen molar-refractivity contribution in [3.05, 3.63) is 46.3 Å². The van der Waals surface area contributed by atoms with Crippen molar-refractivity contribution >= 4 is 5.97 Å². The van der Waals surface area contributed by atoms with Gasteiger partial charge >= 0.3 is 12.1 Å². The van der Waals surface area contributed by atoms with Crippen LogP contribution < -0.4 is 5.56 Å². The molecule has 0 aliphatic rings. The van der Waals surface area contributed by atoms with Crippen LogP contribution in [-0.2, 0) is 13.2 Å². The van der Waals surface area contributed by atoms with Crippen molar-refractivity contribution in [2.75, 3.05) is 0 Å². The molecule has 0 fully saturated rings. The summed E-state index contributed by atoms with van der Waals surface area (Å²) in [4.78, 5) is 26.3. The van der Waals surface area contributed by atoms with Gasteiger partial charge in [0.1, 0.15) is 0 Å². The third kappa shape index (κ3) is 2.29. The topological polar surface area (TPSA) is 77.1 Å². The van der Waals surface area contributed by atoms with Gasteiger partial charge in [0, 0.05) is 31.8 Å². The molecule has 0 aliphatic heterocycles. The minimum absolute atomic E-state index is 0.312. The van der Waals surface area contributed by atoms with E-state index in [4.69, 9.17) is 5.11 Å². The normalized spacial score (nSPS) is 11.6. The van der Waals surface area contributed by atoms with E-state index in [-0.39, 0.29) is 5.82 Å². The largest absolute Gasteiger partial charge is 0.478 e. The molecule has 2 aromatic heterocycles. The van der Waals surface area contributed by atoms with Gasteiger partial charge in [-0.3, -0.25) is 4.79 Å². The highest BCUT2D eigenvalue weighted by molar-refractivity contribution is 5.89. The summed E-state index contributed by atoms with van der Waals surface area (Å²) in [5, 5.41) is 8.80. The van der Waals surface area contributed by atoms with E-state index in [0.29, 0.717) is 6.20 Å². The van der Waals surface area contributed by atoms with Gasteiger partial charge in [-0.2, -0.15) is 13.2 Å². The predicted molar refractivity (Wildman–Crippen MR) is 60.8 cm³/mol. The summed E-state index contributed by atoms with van der Waals surface area (Å²) in [7, 11) is 1.40. The maximum Gasteiger partial charge on any atom is 0.418 e. The van der Waals surface area contributed by atoms with Crippen LogP contribution in [0.25, 0.3) is 5.82 Å². The van der Waals surface area contributed by atoms with Crippen molar-refractivity contribution in [3.8, 4) is 5.82 Å². The van der Waals surface area contributed by atoms with Gasteiger partial charge < -0.3 is 14.2 Å². The van der Waals surface area contributed by atoms with Crippen LogP contribution >= 0.6 is 0 Å². The monoisotopic (exact) mass is 287 g/mol. The molecule has 0 radical (unpaired) electrons. The summed E-state index contributed by atoms with van der Waals surface area (Å²) in [6, 6.07) is 0. The molecule has 0 spiro atoms. The number of rotatable bonds is 2. The van der Waals surface area contributed by atoms with E-state index in [1.54, 1.807) is 0 Å². The Balaban J connectivity index is 2.69. The average Bonchev–Trinajstić information content (AvgIpc) is 2.77. The number of alkyl halides is 3. The Morgan fingerprint density at radius 3 is 2.50 bits per heavy atom. The minimum atomic E-state index is -4.83. The molecular formula is C11H8F3N3O3. The fourth-order valence-corrected chi connectivity index (χ4v) is 1.63. The first-order chi connectivity index (χ1) is 9.21. The van der Waals surface area contributed by atoms with Crippen LogP contribution in [0.1, 0.15) is 15.9 Å². The second-order valence-electron chi connectivity index (χ2n) is 3.96. The van der Waals surface area contributed by atoms with E-state index in [2.05, 4.69) is 4.98 Å². The maximum absolute atomic E-state index is 12.7. The number of carboxylic acids is 1. The van der Waals surface area contributed by atoms with Gasteiger partial charge in [-0.1, -0.05) is 0 Å². The molecule has 0 atom stereocenters. The van der Waals surface area contributed by atoms with Crippen LogP contribution in [0, 0.1) is 0 Å². The molecule has 0 amide bonds. The molecule has 0 aliphatic carbocycles. The summed E-state index contributed by atoms with van der Waals surface area (Å²) in [5.74, 6) is -2.04. The van der Waals surface area contributed by atoms with Crippen molar-refractivity contribution in [2.24, 2.45) is 7.05 Å². The summed E-state index contributed by atoms with van der Waals surface area (Å²) in [6.45, 7) is 0. The zero-order valence-corrected chi connectivity index (χ0v) is 10.0. The van der Waals surface area contributed by atoms with Crippen LogP contribution in [0.4, 0.5) is 13.2 Å². The van der Waals surface area contributed by atoms with Crippen LogP contribution in [0.2, 0.25) is 0 Å². The van der Waals surface area contributed by atoms with Crippen LogP contribution in [0.5, 0.6) is 0 Å². The zero-order chi connectivity index (χ0) is 15.1. The Kier molecular flexibility index (Phi) is 3.12. The van der Waals surface area contributed by atoms with Crippen molar-refractivity contribution < 1.29 is 23.1 Å². The second kappa shape index (κ2) is 4.51. The molecule has 0 saturated heterocycles. The van der Waals surface area contributed by atoms with Gasteiger partial charge in [0.25, 0.3) is 5.56 Å². The Labute approximate surface area is 109 Å². The Morgan fingerprint density at radius 2 is 2.00 bits per heavy atom. The highest BCUT2D eigenvalue weighted by atomic mass is 19.4. The summed E-state index contributed by atoms with van der Waals surface area (Å²) in [5.41, 5.74) is -2.92. The average molecular weight is 287 g/mol. The lowest BCUT2D eigenvalue weighted by Gasteiger charge is -2.04. The van der Waals surface area contributed by atoms with E-state index in [1.165, 1.54) is 19.4 Å². The first-order valence-electron chi connectivity index (χ1n) is 5.26. The van der Waals surface area contributed by atoms with Crippen molar-refractivity contribution in [1.82, 2.24) is 14.1 Å². The fraction of sp³-hybridized carbons (Fsp3) is 0.182. The molecule has 0 aromatic carbocycles. The molecule has 2 aromatic rings. The van der Waals surface area contributed by atoms with E-state index in [9.17, 15) is 22.8 Å². The second-order valence-corrected chi connectivity index (χ2v) is 3.96. The Hall–Kier alpha value is -2.58. The lowest BCUT2D eigenvalue weighted by molar-refractivity contribution is -0.138. The van der Waals surface area contributed by atoms with Crippen molar-refractivity contribution in [3.63, 3.8) is 0 Å². The predicted octanol–water partition coefficient (Wildman–Crippen LogP) is 1.29. The SMILES string of the molecule is Cn1ccnc(-n2cc(C(=O)O)c(C(F)(F)F)c2)c1=O. The van der Waals surface area contributed by atoms with Crippen LogP contribution in [-0.4, -0.2) is 25.2 Å². The number of aryl methyl sites for hydroxylation is 1. The standard InChI is InChI=1S/C11H8F3N3O3/c1-16-3-2-15-8(9(16)18)17-4-6(10(19)20)7(5-17)11(12,13)14/h2-5H,1H3,(H,19,20). The Bertz CT molecular complexity index is 730. The van der Waals surface area contributed by atoms with Crippen LogP contribution in [0.15, 0.2) is 29.6 Å². The number of carboxylic acid groups (broad SMARTS) is 1. The van der Waals surface area contributed by atoms with Gasteiger partial charge in [0.05, 0.1) is 11.1 Å². The highest BCUT2D eigenvalue weighted by Crippen LogP contribution is 2.33. The fourth-order valence-electron chi connectivity index (χ4n) is 1.63. The summed E-state index contributed by atoms with van der Waals surface area (Å²) < 4.78 is 40.1. The molecule has 1 N–H and O–H groups in total. The minimum Gasteiger partial charge on any atom is -0.478 e. The number of hydrogen-bond donors (Lipinski definition) is 1. The van der Waals surface area contributed by atoms with Crippen LogP contribution in [0.3, 0.4) is 0 Å². The first kappa shape index (κ1) is 13.8. The number of aromatic carboxylic acids is 1. The summed E-state index contributed by atoms with van der Waals surface area (Å²) >= 11 is 0. The quantitative estimate of drug-likeness (QED) is 0.902.